The van der Waals surface area contributed by atoms with Gasteiger partial charge in [0.15, 0.2) is 5.84 Å². The van der Waals surface area contributed by atoms with Crippen LogP contribution < -0.4 is 5.32 Å². The summed E-state index contributed by atoms with van der Waals surface area (Å²) >= 11 is 3.45. The molecule has 0 spiro atoms. The number of aliphatic imine (C=N–C) groups is 1. The van der Waals surface area contributed by atoms with Crippen LogP contribution in [-0.4, -0.2) is 70.9 Å². The number of esters is 1. The van der Waals surface area contributed by atoms with Crippen molar-refractivity contribution in [3.8, 4) is 0 Å². The van der Waals surface area contributed by atoms with Gasteiger partial charge in [-0.3, -0.25) is 14.7 Å². The Morgan fingerprint density at radius 1 is 1.38 bits per heavy atom. The lowest BCUT2D eigenvalue weighted by Gasteiger charge is -2.30. The Balaban J connectivity index is 1.60. The molecule has 3 heterocycles. The minimum atomic E-state index is -0.386. The lowest BCUT2D eigenvalue weighted by atomic mass is 10.0. The minimum absolute atomic E-state index is 0.0302. The number of halogens is 2. The average molecular weight is 507 g/mol. The number of benzene rings is 1. The highest BCUT2D eigenvalue weighted by Gasteiger charge is 2.24. The van der Waals surface area contributed by atoms with Crippen molar-refractivity contribution in [3.63, 3.8) is 0 Å². The van der Waals surface area contributed by atoms with Gasteiger partial charge in [0.2, 0.25) is 5.82 Å². The van der Waals surface area contributed by atoms with Crippen LogP contribution >= 0.6 is 15.9 Å². The molecule has 2 aliphatic heterocycles. The summed E-state index contributed by atoms with van der Waals surface area (Å²) in [5.74, 6) is 0.142. The number of amidine groups is 1. The Kier molecular flexibility index (Phi) is 7.28. The summed E-state index contributed by atoms with van der Waals surface area (Å²) in [7, 11) is 0. The van der Waals surface area contributed by atoms with Gasteiger partial charge in [0, 0.05) is 29.8 Å². The zero-order valence-corrected chi connectivity index (χ0v) is 19.2. The number of carbonyl (C=O) groups excluding carboxylic acids is 1. The third kappa shape index (κ3) is 5.59. The highest BCUT2D eigenvalue weighted by Crippen LogP contribution is 2.30. The van der Waals surface area contributed by atoms with Crippen molar-refractivity contribution in [3.05, 3.63) is 58.0 Å². The Bertz CT molecular complexity index is 1030. The van der Waals surface area contributed by atoms with Gasteiger partial charge < -0.3 is 14.8 Å². The van der Waals surface area contributed by atoms with E-state index in [1.54, 1.807) is 13.0 Å². The molecule has 1 unspecified atom stereocenters. The van der Waals surface area contributed by atoms with Gasteiger partial charge >= 0.3 is 5.97 Å². The van der Waals surface area contributed by atoms with Crippen LogP contribution in [0, 0.1) is 5.82 Å². The summed E-state index contributed by atoms with van der Waals surface area (Å²) in [6.07, 6.45) is 3.49. The van der Waals surface area contributed by atoms with Crippen molar-refractivity contribution in [2.45, 2.75) is 19.5 Å². The monoisotopic (exact) mass is 506 g/mol. The van der Waals surface area contributed by atoms with Gasteiger partial charge in [-0.1, -0.05) is 22.0 Å². The van der Waals surface area contributed by atoms with E-state index in [9.17, 15) is 9.18 Å². The van der Waals surface area contributed by atoms with E-state index in [-0.39, 0.29) is 24.4 Å². The van der Waals surface area contributed by atoms with Gasteiger partial charge in [-0.2, -0.15) is 0 Å². The summed E-state index contributed by atoms with van der Waals surface area (Å²) in [4.78, 5) is 23.1. The fraction of sp³-hybridized carbons (Fsp3) is 0.429. The molecule has 1 aromatic carbocycles. The fourth-order valence-corrected chi connectivity index (χ4v) is 4.10. The number of hydrogen-bond acceptors (Lipinski definition) is 8. The highest BCUT2D eigenvalue weighted by atomic mass is 79.9. The van der Waals surface area contributed by atoms with Crippen LogP contribution in [0.5, 0.6) is 0 Å². The van der Waals surface area contributed by atoms with Gasteiger partial charge in [-0.25, -0.2) is 14.1 Å². The number of aromatic nitrogens is 3. The molecule has 32 heavy (non-hydrogen) atoms. The van der Waals surface area contributed by atoms with E-state index in [2.05, 4.69) is 36.2 Å². The zero-order valence-electron chi connectivity index (χ0n) is 17.6. The molecule has 0 saturated carbocycles. The molecule has 1 N–H and O–H groups in total. The number of ether oxygens (including phenoxy) is 2. The highest BCUT2D eigenvalue weighted by molar-refractivity contribution is 9.10. The summed E-state index contributed by atoms with van der Waals surface area (Å²) < 4.78 is 26.1. The lowest BCUT2D eigenvalue weighted by molar-refractivity contribution is -0.144. The van der Waals surface area contributed by atoms with Gasteiger partial charge in [-0.05, 0) is 30.7 Å². The van der Waals surface area contributed by atoms with Crippen LogP contribution in [0.2, 0.25) is 0 Å². The Morgan fingerprint density at radius 3 is 2.94 bits per heavy atom. The number of rotatable bonds is 7. The molecule has 2 aliphatic rings. The molecule has 0 bridgehead atoms. The lowest BCUT2D eigenvalue weighted by Crippen LogP contribution is -2.41. The van der Waals surface area contributed by atoms with Gasteiger partial charge in [0.25, 0.3) is 0 Å². The maximum absolute atomic E-state index is 13.6. The zero-order chi connectivity index (χ0) is 22.5. The number of hydrogen-bond donors (Lipinski definition) is 1. The van der Waals surface area contributed by atoms with Crippen molar-refractivity contribution in [1.29, 1.82) is 0 Å². The maximum atomic E-state index is 13.6. The van der Waals surface area contributed by atoms with Crippen molar-refractivity contribution >= 4 is 27.7 Å². The predicted octanol–water partition coefficient (Wildman–Crippen LogP) is 2.05. The molecule has 2 aromatic rings. The largest absolute Gasteiger partial charge is 0.465 e. The van der Waals surface area contributed by atoms with Crippen LogP contribution in [-0.2, 0) is 20.8 Å². The SMILES string of the molecule is CCOC(=O)Cn1cnc(C2=NC(c3ccc(F)cc3Br)C=C(CN3CCOCC3)N2)n1. The van der Waals surface area contributed by atoms with Crippen molar-refractivity contribution in [1.82, 2.24) is 25.0 Å². The predicted molar refractivity (Wildman–Crippen MR) is 119 cm³/mol. The summed E-state index contributed by atoms with van der Waals surface area (Å²) in [6.45, 7) is 5.77. The van der Waals surface area contributed by atoms with Crippen LogP contribution in [0.3, 0.4) is 0 Å². The third-order valence-corrected chi connectivity index (χ3v) is 5.72. The van der Waals surface area contributed by atoms with E-state index in [0.717, 1.165) is 24.4 Å². The first-order chi connectivity index (χ1) is 15.5. The second kappa shape index (κ2) is 10.3. The van der Waals surface area contributed by atoms with E-state index in [4.69, 9.17) is 14.5 Å². The molecular weight excluding hydrogens is 483 g/mol. The first-order valence-electron chi connectivity index (χ1n) is 10.4. The van der Waals surface area contributed by atoms with Crippen LogP contribution in [0.25, 0.3) is 0 Å². The van der Waals surface area contributed by atoms with Gasteiger partial charge in [0.1, 0.15) is 18.7 Å². The Morgan fingerprint density at radius 2 is 2.19 bits per heavy atom. The second-order valence-electron chi connectivity index (χ2n) is 7.36. The Labute approximate surface area is 193 Å². The number of carbonyl (C=O) groups is 1. The van der Waals surface area contributed by atoms with Gasteiger partial charge in [-0.15, -0.1) is 5.10 Å². The van der Waals surface area contributed by atoms with E-state index in [1.807, 2.05) is 6.08 Å². The number of nitrogens with one attached hydrogen (secondary N) is 1. The first kappa shape index (κ1) is 22.6. The fourth-order valence-electron chi connectivity index (χ4n) is 3.52. The quantitative estimate of drug-likeness (QED) is 0.574. The molecule has 1 aromatic heterocycles. The molecule has 4 rings (SSSR count). The first-order valence-corrected chi connectivity index (χ1v) is 11.2. The van der Waals surface area contributed by atoms with E-state index in [0.29, 0.717) is 42.5 Å². The molecule has 0 amide bonds. The van der Waals surface area contributed by atoms with E-state index in [1.165, 1.54) is 23.1 Å². The molecule has 1 atom stereocenters. The van der Waals surface area contributed by atoms with Crippen LogP contribution in [0.15, 0.2) is 45.8 Å². The van der Waals surface area contributed by atoms with E-state index < -0.39 is 0 Å². The van der Waals surface area contributed by atoms with Crippen molar-refractivity contribution in [2.75, 3.05) is 39.5 Å². The normalized spacial score (nSPS) is 19.2. The van der Waals surface area contributed by atoms with Crippen LogP contribution in [0.4, 0.5) is 4.39 Å². The standard InChI is InChI=1S/C21H24BrFN6O3/c1-2-32-19(30)12-29-13-24-20(27-29)21-25-15(11-28-5-7-31-8-6-28)10-18(26-21)16-4-3-14(23)9-17(16)22/h3-4,9-10,13,18H,2,5-8,11-12H2,1H3,(H,25,26). The maximum Gasteiger partial charge on any atom is 0.327 e. The summed E-state index contributed by atoms with van der Waals surface area (Å²) in [5, 5.41) is 7.71. The molecule has 9 nitrogen and oxygen atoms in total. The van der Waals surface area contributed by atoms with Crippen molar-refractivity contribution < 1.29 is 18.7 Å². The van der Waals surface area contributed by atoms with E-state index >= 15 is 0 Å². The molecule has 170 valence electrons. The van der Waals surface area contributed by atoms with Gasteiger partial charge in [0.05, 0.1) is 25.9 Å². The molecular formula is C21H24BrFN6O3. The van der Waals surface area contributed by atoms with Crippen LogP contribution in [0.1, 0.15) is 24.4 Å². The second-order valence-corrected chi connectivity index (χ2v) is 8.22. The summed E-state index contributed by atoms with van der Waals surface area (Å²) in [5.41, 5.74) is 1.77. The minimum Gasteiger partial charge on any atom is -0.465 e. The summed E-state index contributed by atoms with van der Waals surface area (Å²) in [6, 6.07) is 4.20. The molecule has 0 aliphatic carbocycles. The average Bonchev–Trinajstić information content (AvgIpc) is 3.23. The third-order valence-electron chi connectivity index (χ3n) is 5.03. The smallest absolute Gasteiger partial charge is 0.327 e. The molecule has 1 fully saturated rings. The molecule has 11 heteroatoms. The Hall–Kier alpha value is -2.63. The molecule has 1 saturated heterocycles. The molecule has 0 radical (unpaired) electrons. The topological polar surface area (TPSA) is 93.9 Å². The number of morpholine rings is 1. The van der Waals surface area contributed by atoms with Crippen molar-refractivity contribution in [2.24, 2.45) is 4.99 Å². The number of nitrogens with zero attached hydrogens (tertiary/aromatic N) is 5.